The van der Waals surface area contributed by atoms with Crippen LogP contribution in [0.1, 0.15) is 57.9 Å². The third kappa shape index (κ3) is 6.79. The van der Waals surface area contributed by atoms with Crippen molar-refractivity contribution >= 4 is 52.5 Å². The zero-order chi connectivity index (χ0) is 30.7. The maximum Gasteiger partial charge on any atom is 0.254 e. The molecular formula is C33H34Cl3N3O4. The number of likely N-dealkylation sites (tertiary alicyclic amines) is 2. The Kier molecular flexibility index (Phi) is 9.85. The minimum atomic E-state index is -0.553. The van der Waals surface area contributed by atoms with Gasteiger partial charge in [0.25, 0.3) is 11.8 Å². The molecule has 5 rings (SSSR count). The average Bonchev–Trinajstić information content (AvgIpc) is 3.04. The Morgan fingerprint density at radius 2 is 1.53 bits per heavy atom. The third-order valence-corrected chi connectivity index (χ3v) is 9.55. The van der Waals surface area contributed by atoms with Crippen LogP contribution in [0.2, 0.25) is 15.1 Å². The third-order valence-electron chi connectivity index (χ3n) is 8.55. The minimum Gasteiger partial charge on any atom is -0.497 e. The van der Waals surface area contributed by atoms with Crippen LogP contribution in [0.3, 0.4) is 0 Å². The molecule has 2 heterocycles. The highest BCUT2D eigenvalue weighted by Crippen LogP contribution is 2.35. The van der Waals surface area contributed by atoms with Gasteiger partial charge in [-0.1, -0.05) is 40.9 Å². The van der Waals surface area contributed by atoms with Crippen LogP contribution >= 0.6 is 34.8 Å². The van der Waals surface area contributed by atoms with E-state index in [-0.39, 0.29) is 29.7 Å². The number of likely N-dealkylation sites (N-methyl/N-ethyl adjacent to an activating group) is 1. The Balaban J connectivity index is 1.39. The van der Waals surface area contributed by atoms with Crippen molar-refractivity contribution in [2.24, 2.45) is 0 Å². The van der Waals surface area contributed by atoms with Gasteiger partial charge < -0.3 is 19.4 Å². The van der Waals surface area contributed by atoms with Crippen LogP contribution in [0.15, 0.2) is 66.7 Å². The molecule has 3 aromatic carbocycles. The SMILES string of the molecule is COc1ccc(C(=O)N2CCCC[C@@H]2C(=O)N2CC[C@@H](N(C)C(=O)c3ccc(Cl)cc3)[C@H](c3ccc(Cl)c(Cl)c3)C2)cc1. The van der Waals surface area contributed by atoms with E-state index in [2.05, 4.69) is 0 Å². The lowest BCUT2D eigenvalue weighted by Gasteiger charge is -2.45. The topological polar surface area (TPSA) is 70.2 Å². The molecular weight excluding hydrogens is 609 g/mol. The molecule has 0 radical (unpaired) electrons. The fourth-order valence-electron chi connectivity index (χ4n) is 6.16. The highest BCUT2D eigenvalue weighted by molar-refractivity contribution is 6.42. The first-order valence-corrected chi connectivity index (χ1v) is 15.5. The van der Waals surface area contributed by atoms with Gasteiger partial charge in [0.1, 0.15) is 11.8 Å². The summed E-state index contributed by atoms with van der Waals surface area (Å²) in [7, 11) is 3.37. The van der Waals surface area contributed by atoms with Crippen molar-refractivity contribution in [1.82, 2.24) is 14.7 Å². The number of amides is 3. The fraction of sp³-hybridized carbons (Fsp3) is 0.364. The molecule has 226 valence electrons. The second kappa shape index (κ2) is 13.6. The number of hydrogen-bond acceptors (Lipinski definition) is 4. The molecule has 0 aromatic heterocycles. The lowest BCUT2D eigenvalue weighted by Crippen LogP contribution is -2.57. The van der Waals surface area contributed by atoms with E-state index >= 15 is 0 Å². The van der Waals surface area contributed by atoms with E-state index in [0.29, 0.717) is 64.4 Å². The standard InChI is InChI=1S/C33H34Cl3N3O4/c1-37(31(40)21-6-11-24(34)12-7-21)29-16-18-38(20-26(29)23-10-15-27(35)28(36)19-23)33(42)30-5-3-4-17-39(30)32(41)22-8-13-25(43-2)14-9-22/h6-15,19,26,29-30H,3-5,16-18,20H2,1-2H3/t26-,29+,30+/m0/s1. The van der Waals surface area contributed by atoms with Gasteiger partial charge in [0.15, 0.2) is 0 Å². The Morgan fingerprint density at radius 1 is 0.837 bits per heavy atom. The molecule has 0 saturated carbocycles. The van der Waals surface area contributed by atoms with E-state index < -0.39 is 6.04 Å². The first kappa shape index (κ1) is 31.2. The zero-order valence-corrected chi connectivity index (χ0v) is 26.4. The summed E-state index contributed by atoms with van der Waals surface area (Å²) in [6, 6.07) is 18.5. The summed E-state index contributed by atoms with van der Waals surface area (Å²) in [5, 5.41) is 1.41. The number of hydrogen-bond donors (Lipinski definition) is 0. The van der Waals surface area contributed by atoms with Crippen molar-refractivity contribution in [2.45, 2.75) is 43.7 Å². The summed E-state index contributed by atoms with van der Waals surface area (Å²) >= 11 is 18.7. The van der Waals surface area contributed by atoms with Crippen molar-refractivity contribution in [3.8, 4) is 5.75 Å². The number of carbonyl (C=O) groups excluding carboxylic acids is 3. The van der Waals surface area contributed by atoms with Gasteiger partial charge in [-0.05, 0) is 91.9 Å². The molecule has 7 nitrogen and oxygen atoms in total. The predicted molar refractivity (Wildman–Crippen MR) is 169 cm³/mol. The van der Waals surface area contributed by atoms with E-state index in [1.807, 2.05) is 17.0 Å². The monoisotopic (exact) mass is 641 g/mol. The van der Waals surface area contributed by atoms with Gasteiger partial charge in [-0.3, -0.25) is 14.4 Å². The summed E-state index contributed by atoms with van der Waals surface area (Å²) < 4.78 is 5.23. The quantitative estimate of drug-likeness (QED) is 0.296. The highest BCUT2D eigenvalue weighted by Gasteiger charge is 2.41. The van der Waals surface area contributed by atoms with Gasteiger partial charge in [-0.15, -0.1) is 0 Å². The summed E-state index contributed by atoms with van der Waals surface area (Å²) in [5.74, 6) is 0.0818. The van der Waals surface area contributed by atoms with Crippen LogP contribution in [0, 0.1) is 0 Å². The number of ether oxygens (including phenoxy) is 1. The summed E-state index contributed by atoms with van der Waals surface area (Å²) in [6.07, 6.45) is 2.88. The zero-order valence-electron chi connectivity index (χ0n) is 24.1. The molecule has 0 bridgehead atoms. The number of methoxy groups -OCH3 is 1. The molecule has 43 heavy (non-hydrogen) atoms. The van der Waals surface area contributed by atoms with Crippen LogP contribution in [0.25, 0.3) is 0 Å². The lowest BCUT2D eigenvalue weighted by atomic mass is 9.84. The molecule has 3 amide bonds. The van der Waals surface area contributed by atoms with Gasteiger partial charge in [0.05, 0.1) is 17.2 Å². The normalized spacial score (nSPS) is 20.4. The number of halogens is 3. The van der Waals surface area contributed by atoms with Crippen molar-refractivity contribution in [3.63, 3.8) is 0 Å². The van der Waals surface area contributed by atoms with Crippen LogP contribution < -0.4 is 4.74 Å². The molecule has 2 fully saturated rings. The van der Waals surface area contributed by atoms with Gasteiger partial charge >= 0.3 is 0 Å². The molecule has 2 aliphatic heterocycles. The number of nitrogens with zero attached hydrogens (tertiary/aromatic N) is 3. The predicted octanol–water partition coefficient (Wildman–Crippen LogP) is 6.81. The molecule has 3 atom stereocenters. The second-order valence-corrected chi connectivity index (χ2v) is 12.3. The Labute approximate surface area is 267 Å². The van der Waals surface area contributed by atoms with Crippen molar-refractivity contribution in [1.29, 1.82) is 0 Å². The van der Waals surface area contributed by atoms with Gasteiger partial charge in [-0.25, -0.2) is 0 Å². The van der Waals surface area contributed by atoms with E-state index in [4.69, 9.17) is 39.5 Å². The first-order valence-electron chi connectivity index (χ1n) is 14.4. The van der Waals surface area contributed by atoms with E-state index in [1.165, 1.54) is 0 Å². The Hall–Kier alpha value is -3.26. The maximum absolute atomic E-state index is 14.1. The molecule has 0 aliphatic carbocycles. The van der Waals surface area contributed by atoms with E-state index in [1.54, 1.807) is 78.6 Å². The molecule has 2 aliphatic rings. The van der Waals surface area contributed by atoms with E-state index in [0.717, 1.165) is 18.4 Å². The summed E-state index contributed by atoms with van der Waals surface area (Å²) in [5.41, 5.74) is 1.95. The number of rotatable bonds is 6. The maximum atomic E-state index is 14.1. The number of carbonyl (C=O) groups is 3. The smallest absolute Gasteiger partial charge is 0.254 e. The lowest BCUT2D eigenvalue weighted by molar-refractivity contribution is -0.139. The number of piperidine rings is 2. The second-order valence-electron chi connectivity index (χ2n) is 11.1. The molecule has 0 N–H and O–H groups in total. The van der Waals surface area contributed by atoms with Crippen LogP contribution in [0.5, 0.6) is 5.75 Å². The van der Waals surface area contributed by atoms with Gasteiger partial charge in [0.2, 0.25) is 5.91 Å². The Bertz CT molecular complexity index is 1480. The van der Waals surface area contributed by atoms with Gasteiger partial charge in [-0.2, -0.15) is 0 Å². The highest BCUT2D eigenvalue weighted by atomic mass is 35.5. The fourth-order valence-corrected chi connectivity index (χ4v) is 6.59. The summed E-state index contributed by atoms with van der Waals surface area (Å²) in [6.45, 7) is 1.35. The van der Waals surface area contributed by atoms with Gasteiger partial charge in [0, 0.05) is 54.8 Å². The largest absolute Gasteiger partial charge is 0.497 e. The molecule has 0 unspecified atom stereocenters. The molecule has 10 heteroatoms. The van der Waals surface area contributed by atoms with Crippen molar-refractivity contribution < 1.29 is 19.1 Å². The van der Waals surface area contributed by atoms with Crippen LogP contribution in [-0.4, -0.2) is 78.3 Å². The van der Waals surface area contributed by atoms with Crippen LogP contribution in [0.4, 0.5) is 0 Å². The first-order chi connectivity index (χ1) is 20.7. The van der Waals surface area contributed by atoms with E-state index in [9.17, 15) is 14.4 Å². The number of benzene rings is 3. The molecule has 0 spiro atoms. The molecule has 3 aromatic rings. The van der Waals surface area contributed by atoms with Crippen molar-refractivity contribution in [3.05, 3.63) is 98.5 Å². The Morgan fingerprint density at radius 3 is 2.21 bits per heavy atom. The van der Waals surface area contributed by atoms with Crippen LogP contribution in [-0.2, 0) is 4.79 Å². The minimum absolute atomic E-state index is 0.0725. The average molecular weight is 643 g/mol. The summed E-state index contributed by atoms with van der Waals surface area (Å²) in [4.78, 5) is 46.5. The molecule has 2 saturated heterocycles. The van der Waals surface area contributed by atoms with Crippen molar-refractivity contribution in [2.75, 3.05) is 33.8 Å².